The fraction of sp³-hybridized carbons (Fsp3) is 0.231. The zero-order valence-electron chi connectivity index (χ0n) is 10.8. The maximum atomic E-state index is 11.8. The lowest BCUT2D eigenvalue weighted by atomic mass is 10.2. The van der Waals surface area contributed by atoms with E-state index >= 15 is 0 Å². The van der Waals surface area contributed by atoms with E-state index in [0.717, 1.165) is 5.69 Å². The van der Waals surface area contributed by atoms with Gasteiger partial charge in [0.1, 0.15) is 0 Å². The zero-order valence-corrected chi connectivity index (χ0v) is 10.8. The lowest BCUT2D eigenvalue weighted by molar-refractivity contribution is -0.115. The zero-order chi connectivity index (χ0) is 13.7. The van der Waals surface area contributed by atoms with E-state index in [1.165, 1.54) is 0 Å². The molecule has 1 aromatic carbocycles. The van der Waals surface area contributed by atoms with Crippen molar-refractivity contribution >= 4 is 11.6 Å². The third kappa shape index (κ3) is 3.25. The molecule has 6 nitrogen and oxygen atoms in total. The summed E-state index contributed by atoms with van der Waals surface area (Å²) in [5, 5.41) is 9.31. The Labute approximate surface area is 110 Å². The summed E-state index contributed by atoms with van der Waals surface area (Å²) in [6.45, 7) is 0. The van der Waals surface area contributed by atoms with Crippen molar-refractivity contribution < 1.29 is 14.3 Å². The first-order chi connectivity index (χ1) is 9.22. The number of aromatic nitrogens is 2. The predicted molar refractivity (Wildman–Crippen MR) is 70.5 cm³/mol. The summed E-state index contributed by atoms with van der Waals surface area (Å²) in [5.41, 5.74) is 1.42. The molecule has 0 spiro atoms. The van der Waals surface area contributed by atoms with Crippen molar-refractivity contribution in [2.24, 2.45) is 0 Å². The van der Waals surface area contributed by atoms with Crippen LogP contribution in [0.2, 0.25) is 0 Å². The largest absolute Gasteiger partial charge is 0.493 e. The van der Waals surface area contributed by atoms with E-state index in [4.69, 9.17) is 9.47 Å². The van der Waals surface area contributed by atoms with Crippen LogP contribution < -0.4 is 14.8 Å². The molecule has 0 aliphatic rings. The Kier molecular flexibility index (Phi) is 4.02. The minimum atomic E-state index is -0.128. The fourth-order valence-corrected chi connectivity index (χ4v) is 1.68. The topological polar surface area (TPSA) is 76.2 Å². The van der Waals surface area contributed by atoms with Crippen molar-refractivity contribution in [2.45, 2.75) is 6.42 Å². The van der Waals surface area contributed by atoms with Gasteiger partial charge in [0.05, 0.1) is 20.6 Å². The summed E-state index contributed by atoms with van der Waals surface area (Å²) in [6.07, 6.45) is 1.85. The number of methoxy groups -OCH3 is 2. The molecule has 0 fully saturated rings. The first-order valence-corrected chi connectivity index (χ1v) is 5.73. The molecule has 1 heterocycles. The van der Waals surface area contributed by atoms with Crippen LogP contribution in [0.3, 0.4) is 0 Å². The fourth-order valence-electron chi connectivity index (χ4n) is 1.68. The normalized spacial score (nSPS) is 10.0. The third-order valence-electron chi connectivity index (χ3n) is 2.58. The number of rotatable bonds is 5. The van der Waals surface area contributed by atoms with E-state index in [9.17, 15) is 4.79 Å². The summed E-state index contributed by atoms with van der Waals surface area (Å²) >= 11 is 0. The number of nitrogens with one attached hydrogen (secondary N) is 2. The molecule has 2 N–H and O–H groups in total. The lowest BCUT2D eigenvalue weighted by Gasteiger charge is -2.10. The van der Waals surface area contributed by atoms with Crippen molar-refractivity contribution in [1.29, 1.82) is 0 Å². The minimum absolute atomic E-state index is 0.128. The number of carbonyl (C=O) groups excluding carboxylic acids is 1. The van der Waals surface area contributed by atoms with Crippen LogP contribution in [0.25, 0.3) is 0 Å². The highest BCUT2D eigenvalue weighted by Gasteiger charge is 2.08. The van der Waals surface area contributed by atoms with Crippen molar-refractivity contribution in [3.05, 3.63) is 36.2 Å². The Morgan fingerprint density at radius 3 is 2.68 bits per heavy atom. The summed E-state index contributed by atoms with van der Waals surface area (Å²) in [5.74, 6) is 1.06. The van der Waals surface area contributed by atoms with Gasteiger partial charge in [0.2, 0.25) is 5.91 Å². The number of carbonyl (C=O) groups is 1. The Hall–Kier alpha value is -2.50. The number of anilines is 1. The van der Waals surface area contributed by atoms with Gasteiger partial charge < -0.3 is 14.8 Å². The van der Waals surface area contributed by atoms with Crippen LogP contribution in [-0.2, 0) is 11.2 Å². The summed E-state index contributed by atoms with van der Waals surface area (Å²) in [6, 6.07) is 6.97. The highest BCUT2D eigenvalue weighted by molar-refractivity contribution is 5.92. The van der Waals surface area contributed by atoms with Crippen molar-refractivity contribution in [3.63, 3.8) is 0 Å². The van der Waals surface area contributed by atoms with Crippen molar-refractivity contribution in [1.82, 2.24) is 10.2 Å². The molecule has 0 aliphatic heterocycles. The van der Waals surface area contributed by atoms with Gasteiger partial charge in [0.15, 0.2) is 11.5 Å². The minimum Gasteiger partial charge on any atom is -0.493 e. The SMILES string of the molecule is COc1ccc(NC(=O)Cc2ccn[nH]2)cc1OC. The van der Waals surface area contributed by atoms with E-state index in [1.807, 2.05) is 0 Å². The van der Waals surface area contributed by atoms with Crippen LogP contribution in [0.15, 0.2) is 30.5 Å². The van der Waals surface area contributed by atoms with E-state index in [-0.39, 0.29) is 12.3 Å². The molecule has 0 unspecified atom stereocenters. The number of nitrogens with zero attached hydrogens (tertiary/aromatic N) is 1. The number of hydrogen-bond acceptors (Lipinski definition) is 4. The average molecular weight is 261 g/mol. The van der Waals surface area contributed by atoms with Gasteiger partial charge in [-0.3, -0.25) is 9.89 Å². The van der Waals surface area contributed by atoms with Crippen molar-refractivity contribution in [3.8, 4) is 11.5 Å². The molecular weight excluding hydrogens is 246 g/mol. The molecule has 0 bridgehead atoms. The maximum absolute atomic E-state index is 11.8. The van der Waals surface area contributed by atoms with E-state index in [2.05, 4.69) is 15.5 Å². The quantitative estimate of drug-likeness (QED) is 0.857. The first kappa shape index (κ1) is 12.9. The van der Waals surface area contributed by atoms with Crippen LogP contribution in [0, 0.1) is 0 Å². The Bertz CT molecular complexity index is 552. The molecular formula is C13H15N3O3. The number of hydrogen-bond donors (Lipinski definition) is 2. The average Bonchev–Trinajstić information content (AvgIpc) is 2.91. The van der Waals surface area contributed by atoms with Gasteiger partial charge in [-0.15, -0.1) is 0 Å². The molecule has 2 aromatic rings. The summed E-state index contributed by atoms with van der Waals surface area (Å²) < 4.78 is 10.3. The Morgan fingerprint density at radius 2 is 2.05 bits per heavy atom. The number of ether oxygens (including phenoxy) is 2. The second-order valence-corrected chi connectivity index (χ2v) is 3.88. The molecule has 6 heteroatoms. The van der Waals surface area contributed by atoms with Crippen LogP contribution in [0.4, 0.5) is 5.69 Å². The Balaban J connectivity index is 2.04. The van der Waals surface area contributed by atoms with Crippen LogP contribution in [-0.4, -0.2) is 30.3 Å². The Morgan fingerprint density at radius 1 is 1.26 bits per heavy atom. The number of amides is 1. The van der Waals surface area contributed by atoms with Gasteiger partial charge in [-0.2, -0.15) is 5.10 Å². The maximum Gasteiger partial charge on any atom is 0.230 e. The molecule has 1 amide bonds. The number of aromatic amines is 1. The van der Waals surface area contributed by atoms with Gasteiger partial charge in [-0.1, -0.05) is 0 Å². The molecule has 0 saturated carbocycles. The van der Waals surface area contributed by atoms with Crippen LogP contribution in [0.1, 0.15) is 5.69 Å². The molecule has 19 heavy (non-hydrogen) atoms. The van der Waals surface area contributed by atoms with Crippen LogP contribution >= 0.6 is 0 Å². The van der Waals surface area contributed by atoms with Gasteiger partial charge >= 0.3 is 0 Å². The van der Waals surface area contributed by atoms with Gasteiger partial charge in [-0.05, 0) is 18.2 Å². The second-order valence-electron chi connectivity index (χ2n) is 3.88. The lowest BCUT2D eigenvalue weighted by Crippen LogP contribution is -2.14. The third-order valence-corrected chi connectivity index (χ3v) is 2.58. The molecule has 2 rings (SSSR count). The predicted octanol–water partition coefficient (Wildman–Crippen LogP) is 1.61. The molecule has 0 saturated heterocycles. The molecule has 0 radical (unpaired) electrons. The van der Waals surface area contributed by atoms with E-state index < -0.39 is 0 Å². The summed E-state index contributed by atoms with van der Waals surface area (Å²) in [7, 11) is 3.11. The van der Waals surface area contributed by atoms with Crippen molar-refractivity contribution in [2.75, 3.05) is 19.5 Å². The highest BCUT2D eigenvalue weighted by atomic mass is 16.5. The van der Waals surface area contributed by atoms with Gasteiger partial charge in [-0.25, -0.2) is 0 Å². The molecule has 0 aliphatic carbocycles. The van der Waals surface area contributed by atoms with E-state index in [1.54, 1.807) is 44.7 Å². The smallest absolute Gasteiger partial charge is 0.230 e. The molecule has 100 valence electrons. The highest BCUT2D eigenvalue weighted by Crippen LogP contribution is 2.29. The number of H-pyrrole nitrogens is 1. The monoisotopic (exact) mass is 261 g/mol. The standard InChI is InChI=1S/C13H15N3O3/c1-18-11-4-3-9(7-12(11)19-2)15-13(17)8-10-5-6-14-16-10/h3-7H,8H2,1-2H3,(H,14,16)(H,15,17). The molecule has 1 aromatic heterocycles. The molecule has 0 atom stereocenters. The van der Waals surface area contributed by atoms with Crippen LogP contribution in [0.5, 0.6) is 11.5 Å². The second kappa shape index (κ2) is 5.90. The van der Waals surface area contributed by atoms with Gasteiger partial charge in [0, 0.05) is 23.6 Å². The first-order valence-electron chi connectivity index (χ1n) is 5.73. The summed E-state index contributed by atoms with van der Waals surface area (Å²) in [4.78, 5) is 11.8. The van der Waals surface area contributed by atoms with Gasteiger partial charge in [0.25, 0.3) is 0 Å². The number of benzene rings is 1. The van der Waals surface area contributed by atoms with E-state index in [0.29, 0.717) is 17.2 Å².